The summed E-state index contributed by atoms with van der Waals surface area (Å²) in [6.45, 7) is 6.90. The number of non-ortho nitro benzene ring substituents is 1. The Kier molecular flexibility index (Phi) is 12.3. The van der Waals surface area contributed by atoms with E-state index in [9.17, 15) is 29.8 Å². The third-order valence-corrected chi connectivity index (χ3v) is 6.59. The van der Waals surface area contributed by atoms with E-state index in [1.54, 1.807) is 0 Å². The van der Waals surface area contributed by atoms with Crippen molar-refractivity contribution in [2.24, 2.45) is 11.8 Å². The molecular weight excluding hydrogens is 572 g/mol. The van der Waals surface area contributed by atoms with Gasteiger partial charge < -0.3 is 23.7 Å². The molecule has 228 valence electrons. The molecule has 15 nitrogen and oxygen atoms in total. The number of carbonyl (C=O) groups is 2. The lowest BCUT2D eigenvalue weighted by atomic mass is 9.84. The molecule has 1 fully saturated rings. The van der Waals surface area contributed by atoms with Gasteiger partial charge in [0.15, 0.2) is 11.9 Å². The topological polar surface area (TPSA) is 201 Å². The van der Waals surface area contributed by atoms with Gasteiger partial charge in [0, 0.05) is 36.6 Å². The highest BCUT2D eigenvalue weighted by molar-refractivity contribution is 5.66. The minimum atomic E-state index is -1.17. The molecule has 6 atom stereocenters. The van der Waals surface area contributed by atoms with Crippen molar-refractivity contribution in [2.45, 2.75) is 58.7 Å². The van der Waals surface area contributed by atoms with E-state index >= 15 is 0 Å². The number of nitro groups is 2. The molecule has 1 heterocycles. The average molecular weight is 601 g/mol. The average Bonchev–Trinajstić information content (AvgIpc) is 2.94. The largest absolute Gasteiger partial charge is 0.514 e. The number of hydrogen-bond donors (Lipinski definition) is 0. The fourth-order valence-corrected chi connectivity index (χ4v) is 4.15. The predicted octanol–water partition coefficient (Wildman–Crippen LogP) is 4.53. The maximum Gasteiger partial charge on any atom is 0.514 e. The Labute approximate surface area is 245 Å². The molecule has 0 bridgehead atoms. The zero-order chi connectivity index (χ0) is 32.3. The standard InChI is InChI=1S/C27H28N2O11.CO2/c1-6-7-23(40-27(31)38-21-11-9-20(10-12-21)28(32)33)19-8-13-24(22(14-19)29(34)35)39-26-25(37-18(5)30)16(3)15(2)17(4)36-26;2-1-3/h1,8-17,23,25-26H,7H2,2-5H3;/t15-,16-,17?,23?,25?,26-;/m0./s1. The molecule has 1 aliphatic rings. The molecule has 0 spiro atoms. The quantitative estimate of drug-likeness (QED) is 0.128. The molecule has 0 N–H and O–H groups in total. The molecular formula is C28H28N2O13. The Morgan fingerprint density at radius 2 is 1.65 bits per heavy atom. The number of rotatable bonds is 9. The van der Waals surface area contributed by atoms with Crippen LogP contribution < -0.4 is 9.47 Å². The Hall–Kier alpha value is -5.32. The molecule has 1 saturated heterocycles. The van der Waals surface area contributed by atoms with Crippen molar-refractivity contribution in [3.63, 3.8) is 0 Å². The minimum absolute atomic E-state index is 0.0163. The van der Waals surface area contributed by atoms with Crippen molar-refractivity contribution in [3.05, 3.63) is 68.3 Å². The van der Waals surface area contributed by atoms with Crippen molar-refractivity contribution < 1.29 is 52.7 Å². The van der Waals surface area contributed by atoms with Crippen LogP contribution in [0.25, 0.3) is 0 Å². The van der Waals surface area contributed by atoms with Crippen LogP contribution in [0.3, 0.4) is 0 Å². The van der Waals surface area contributed by atoms with Crippen molar-refractivity contribution in [1.29, 1.82) is 0 Å². The molecule has 0 saturated carbocycles. The normalized spacial score (nSPS) is 21.3. The number of hydrogen-bond acceptors (Lipinski definition) is 13. The van der Waals surface area contributed by atoms with Crippen molar-refractivity contribution in [1.82, 2.24) is 0 Å². The van der Waals surface area contributed by atoms with Crippen LogP contribution in [0.5, 0.6) is 11.5 Å². The van der Waals surface area contributed by atoms with Crippen molar-refractivity contribution in [2.75, 3.05) is 0 Å². The smallest absolute Gasteiger partial charge is 0.456 e. The van der Waals surface area contributed by atoms with Gasteiger partial charge in [0.05, 0.1) is 22.4 Å². The highest BCUT2D eigenvalue weighted by Crippen LogP contribution is 2.38. The number of nitrogens with zero attached hydrogens (tertiary/aromatic N) is 2. The van der Waals surface area contributed by atoms with Crippen LogP contribution in [-0.4, -0.2) is 46.6 Å². The fourth-order valence-electron chi connectivity index (χ4n) is 4.15. The number of nitro benzene ring substituents is 2. The summed E-state index contributed by atoms with van der Waals surface area (Å²) in [5, 5.41) is 22.7. The van der Waals surface area contributed by atoms with Gasteiger partial charge in [0.25, 0.3) is 5.69 Å². The molecule has 0 aliphatic carbocycles. The van der Waals surface area contributed by atoms with Gasteiger partial charge in [-0.25, -0.2) is 4.79 Å². The molecule has 2 aromatic rings. The summed E-state index contributed by atoms with van der Waals surface area (Å²) in [6, 6.07) is 8.61. The second-order valence-corrected chi connectivity index (χ2v) is 9.31. The first-order valence-corrected chi connectivity index (χ1v) is 12.7. The maximum atomic E-state index is 12.4. The van der Waals surface area contributed by atoms with E-state index < -0.39 is 46.2 Å². The van der Waals surface area contributed by atoms with Gasteiger partial charge in [-0.3, -0.25) is 25.0 Å². The summed E-state index contributed by atoms with van der Waals surface area (Å²) in [7, 11) is 0. The van der Waals surface area contributed by atoms with Gasteiger partial charge in [-0.1, -0.05) is 19.9 Å². The highest BCUT2D eigenvalue weighted by Gasteiger charge is 2.44. The molecule has 1 aliphatic heterocycles. The van der Waals surface area contributed by atoms with E-state index in [1.165, 1.54) is 31.2 Å². The third kappa shape index (κ3) is 9.35. The predicted molar refractivity (Wildman–Crippen MR) is 143 cm³/mol. The van der Waals surface area contributed by atoms with Gasteiger partial charge in [0.2, 0.25) is 6.29 Å². The Morgan fingerprint density at radius 3 is 2.19 bits per heavy atom. The minimum Gasteiger partial charge on any atom is -0.456 e. The first-order chi connectivity index (χ1) is 20.3. The van der Waals surface area contributed by atoms with Gasteiger partial charge in [-0.2, -0.15) is 9.59 Å². The van der Waals surface area contributed by atoms with Crippen LogP contribution in [0, 0.1) is 44.4 Å². The molecule has 3 unspecified atom stereocenters. The SMILES string of the molecule is C#CCC(OC(=O)Oc1ccc([N+](=O)[O-])cc1)c1ccc(O[C@@H]2OC(C)[C@@H](C)[C@H](C)C2OC(C)=O)c([N+](=O)[O-])c1.O=C=O. The zero-order valence-electron chi connectivity index (χ0n) is 23.5. The van der Waals surface area contributed by atoms with E-state index in [0.29, 0.717) is 0 Å². The molecule has 0 radical (unpaired) electrons. The number of benzene rings is 2. The van der Waals surface area contributed by atoms with Crippen LogP contribution in [0.2, 0.25) is 0 Å². The van der Waals surface area contributed by atoms with Crippen molar-refractivity contribution >= 4 is 29.7 Å². The highest BCUT2D eigenvalue weighted by atomic mass is 16.7. The molecule has 15 heteroatoms. The van der Waals surface area contributed by atoms with Crippen LogP contribution in [0.1, 0.15) is 45.8 Å². The number of ether oxygens (including phenoxy) is 5. The maximum absolute atomic E-state index is 12.4. The first kappa shape index (κ1) is 33.9. The van der Waals surface area contributed by atoms with Crippen LogP contribution >= 0.6 is 0 Å². The van der Waals surface area contributed by atoms with Gasteiger partial charge in [-0.15, -0.1) is 12.3 Å². The molecule has 0 amide bonds. The van der Waals surface area contributed by atoms with Crippen LogP contribution in [-0.2, 0) is 28.6 Å². The fraction of sp³-hybridized carbons (Fsp3) is 0.393. The molecule has 43 heavy (non-hydrogen) atoms. The number of carbonyl (C=O) groups excluding carboxylic acids is 4. The summed E-state index contributed by atoms with van der Waals surface area (Å²) in [5.74, 6) is 1.49. The third-order valence-electron chi connectivity index (χ3n) is 6.59. The molecule has 2 aromatic carbocycles. The zero-order valence-corrected chi connectivity index (χ0v) is 23.5. The monoisotopic (exact) mass is 600 g/mol. The first-order valence-electron chi connectivity index (χ1n) is 12.7. The number of esters is 1. The molecule has 3 rings (SSSR count). The Balaban J connectivity index is 0.00000206. The Morgan fingerprint density at radius 1 is 1.02 bits per heavy atom. The van der Waals surface area contributed by atoms with E-state index in [0.717, 1.165) is 18.2 Å². The van der Waals surface area contributed by atoms with Crippen molar-refractivity contribution in [3.8, 4) is 23.8 Å². The van der Waals surface area contributed by atoms with Gasteiger partial charge >= 0.3 is 24.0 Å². The number of terminal acetylenes is 1. The summed E-state index contributed by atoms with van der Waals surface area (Å²) in [6.07, 6.45) is 1.04. The van der Waals surface area contributed by atoms with Gasteiger partial charge in [-0.05, 0) is 31.0 Å². The summed E-state index contributed by atoms with van der Waals surface area (Å²) in [4.78, 5) is 61.8. The van der Waals surface area contributed by atoms with E-state index in [4.69, 9.17) is 39.7 Å². The summed E-state index contributed by atoms with van der Waals surface area (Å²) >= 11 is 0. The van der Waals surface area contributed by atoms with Gasteiger partial charge in [0.1, 0.15) is 11.9 Å². The van der Waals surface area contributed by atoms with E-state index in [1.807, 2.05) is 20.8 Å². The lowest BCUT2D eigenvalue weighted by molar-refractivity contribution is -0.387. The van der Waals surface area contributed by atoms with E-state index in [-0.39, 0.29) is 53.3 Å². The summed E-state index contributed by atoms with van der Waals surface area (Å²) in [5.41, 5.74) is -0.471. The second kappa shape index (κ2) is 15.6. The molecule has 0 aromatic heterocycles. The van der Waals surface area contributed by atoms with Crippen LogP contribution in [0.15, 0.2) is 42.5 Å². The summed E-state index contributed by atoms with van der Waals surface area (Å²) < 4.78 is 27.5. The van der Waals surface area contributed by atoms with Crippen LogP contribution in [0.4, 0.5) is 16.2 Å². The van der Waals surface area contributed by atoms with E-state index in [2.05, 4.69) is 5.92 Å². The lowest BCUT2D eigenvalue weighted by Crippen LogP contribution is -2.52. The lowest BCUT2D eigenvalue weighted by Gasteiger charge is -2.42. The second-order valence-electron chi connectivity index (χ2n) is 9.31. The Bertz CT molecular complexity index is 1400.